The molecular weight excluding hydrogens is 308 g/mol. The van der Waals surface area contributed by atoms with E-state index in [0.717, 1.165) is 23.6 Å². The van der Waals surface area contributed by atoms with Gasteiger partial charge in [-0.05, 0) is 18.7 Å². The van der Waals surface area contributed by atoms with Crippen molar-refractivity contribution in [3.8, 4) is 0 Å². The summed E-state index contributed by atoms with van der Waals surface area (Å²) in [6.07, 6.45) is 0. The van der Waals surface area contributed by atoms with Gasteiger partial charge in [0.15, 0.2) is 0 Å². The van der Waals surface area contributed by atoms with Crippen LogP contribution in [0.25, 0.3) is 0 Å². The number of likely N-dealkylation sites (N-methyl/N-ethyl adjacent to an activating group) is 1. The van der Waals surface area contributed by atoms with Gasteiger partial charge >= 0.3 is 6.03 Å². The number of carbonyl (C=O) groups is 3. The van der Waals surface area contributed by atoms with Crippen LogP contribution in [0.4, 0.5) is 4.79 Å². The summed E-state index contributed by atoms with van der Waals surface area (Å²) < 4.78 is 0. The molecule has 1 saturated heterocycles. The predicted molar refractivity (Wildman–Crippen MR) is 90.2 cm³/mol. The maximum atomic E-state index is 12.1. The molecule has 7 nitrogen and oxygen atoms in total. The Morgan fingerprint density at radius 3 is 2.46 bits per heavy atom. The van der Waals surface area contributed by atoms with Crippen LogP contribution in [-0.4, -0.2) is 60.4 Å². The fourth-order valence-corrected chi connectivity index (χ4v) is 2.82. The molecule has 0 saturated carbocycles. The van der Waals surface area contributed by atoms with Gasteiger partial charge in [0.25, 0.3) is 5.91 Å². The van der Waals surface area contributed by atoms with Crippen molar-refractivity contribution in [1.82, 2.24) is 20.4 Å². The van der Waals surface area contributed by atoms with Gasteiger partial charge in [0, 0.05) is 6.54 Å². The van der Waals surface area contributed by atoms with Gasteiger partial charge in [-0.3, -0.25) is 19.4 Å². The maximum Gasteiger partial charge on any atom is 0.325 e. The monoisotopic (exact) mass is 332 g/mol. The second-order valence-electron chi connectivity index (χ2n) is 5.59. The van der Waals surface area contributed by atoms with E-state index in [2.05, 4.69) is 29.4 Å². The second kappa shape index (κ2) is 8.44. The number of hydrogen-bond donors (Lipinski definition) is 2. The zero-order chi connectivity index (χ0) is 17.5. The number of carbonyl (C=O) groups excluding carboxylic acids is 3. The zero-order valence-corrected chi connectivity index (χ0v) is 14.1. The molecule has 0 aromatic heterocycles. The van der Waals surface area contributed by atoms with Crippen molar-refractivity contribution >= 4 is 17.8 Å². The first-order chi connectivity index (χ1) is 11.6. The number of benzene rings is 1. The number of imide groups is 1. The van der Waals surface area contributed by atoms with Crippen molar-refractivity contribution in [3.05, 3.63) is 35.9 Å². The lowest BCUT2D eigenvalue weighted by atomic mass is 10.1. The lowest BCUT2D eigenvalue weighted by molar-refractivity contribution is -0.130. The smallest absolute Gasteiger partial charge is 0.325 e. The maximum absolute atomic E-state index is 12.1. The van der Waals surface area contributed by atoms with Crippen molar-refractivity contribution in [2.75, 3.05) is 32.7 Å². The van der Waals surface area contributed by atoms with E-state index in [4.69, 9.17) is 0 Å². The Hall–Kier alpha value is -2.41. The number of urea groups is 1. The number of hydrogen-bond acceptors (Lipinski definition) is 4. The zero-order valence-electron chi connectivity index (χ0n) is 14.1. The minimum Gasteiger partial charge on any atom is -0.353 e. The minimum atomic E-state index is -0.515. The van der Waals surface area contributed by atoms with Crippen LogP contribution < -0.4 is 10.6 Å². The molecule has 130 valence electrons. The Morgan fingerprint density at radius 2 is 1.92 bits per heavy atom. The fraction of sp³-hybridized carbons (Fsp3) is 0.471. The Kier molecular flexibility index (Phi) is 6.31. The summed E-state index contributed by atoms with van der Waals surface area (Å²) in [5.74, 6) is -0.716. The van der Waals surface area contributed by atoms with Crippen LogP contribution in [0.2, 0.25) is 0 Å². The van der Waals surface area contributed by atoms with Gasteiger partial charge in [-0.1, -0.05) is 44.2 Å². The standard InChI is InChI=1S/C17H24N4O3/c1-3-20(4-2)14(13-8-6-5-7-9-13)10-18-15(22)12-21-16(23)11-19-17(21)24/h5-9,14H,3-4,10-12H2,1-2H3,(H,18,22)(H,19,24). The molecular formula is C17H24N4O3. The molecule has 1 unspecified atom stereocenters. The molecule has 1 fully saturated rings. The van der Waals surface area contributed by atoms with Crippen LogP contribution in [0.5, 0.6) is 0 Å². The minimum absolute atomic E-state index is 0.0435. The van der Waals surface area contributed by atoms with E-state index in [-0.39, 0.29) is 30.9 Å². The normalized spacial score (nSPS) is 15.5. The Bertz CT molecular complexity index is 571. The third-order valence-corrected chi connectivity index (χ3v) is 4.17. The van der Waals surface area contributed by atoms with Crippen molar-refractivity contribution in [3.63, 3.8) is 0 Å². The molecule has 0 spiro atoms. The Labute approximate surface area is 142 Å². The molecule has 2 N–H and O–H groups in total. The highest BCUT2D eigenvalue weighted by Gasteiger charge is 2.30. The molecule has 0 bridgehead atoms. The highest BCUT2D eigenvalue weighted by atomic mass is 16.2. The summed E-state index contributed by atoms with van der Waals surface area (Å²) in [6, 6.07) is 9.51. The molecule has 1 aliphatic rings. The molecule has 2 rings (SSSR count). The molecule has 1 aliphatic heterocycles. The van der Waals surface area contributed by atoms with Crippen LogP contribution in [0, 0.1) is 0 Å². The van der Waals surface area contributed by atoms with E-state index in [1.165, 1.54) is 0 Å². The largest absolute Gasteiger partial charge is 0.353 e. The van der Waals surface area contributed by atoms with Gasteiger partial charge in [-0.25, -0.2) is 4.79 Å². The van der Waals surface area contributed by atoms with Gasteiger partial charge in [0.1, 0.15) is 6.54 Å². The average molecular weight is 332 g/mol. The van der Waals surface area contributed by atoms with Gasteiger partial charge in [-0.2, -0.15) is 0 Å². The molecule has 24 heavy (non-hydrogen) atoms. The van der Waals surface area contributed by atoms with E-state index in [0.29, 0.717) is 6.54 Å². The molecule has 1 atom stereocenters. The lowest BCUT2D eigenvalue weighted by Gasteiger charge is -2.30. The van der Waals surface area contributed by atoms with Crippen LogP contribution in [0.3, 0.4) is 0 Å². The molecule has 7 heteroatoms. The summed E-state index contributed by atoms with van der Waals surface area (Å²) in [4.78, 5) is 38.3. The van der Waals surface area contributed by atoms with E-state index in [1.807, 2.05) is 30.3 Å². The van der Waals surface area contributed by atoms with E-state index < -0.39 is 6.03 Å². The van der Waals surface area contributed by atoms with Crippen LogP contribution in [0.1, 0.15) is 25.5 Å². The van der Waals surface area contributed by atoms with Crippen molar-refractivity contribution in [2.24, 2.45) is 0 Å². The number of rotatable bonds is 8. The van der Waals surface area contributed by atoms with Gasteiger partial charge < -0.3 is 10.6 Å². The van der Waals surface area contributed by atoms with Crippen LogP contribution >= 0.6 is 0 Å². The SMILES string of the molecule is CCN(CC)C(CNC(=O)CN1C(=O)CNC1=O)c1ccccc1. The van der Waals surface area contributed by atoms with Crippen molar-refractivity contribution in [2.45, 2.75) is 19.9 Å². The Morgan fingerprint density at radius 1 is 1.25 bits per heavy atom. The van der Waals surface area contributed by atoms with Gasteiger partial charge in [0.05, 0.1) is 12.6 Å². The van der Waals surface area contributed by atoms with E-state index in [1.54, 1.807) is 0 Å². The van der Waals surface area contributed by atoms with Crippen LogP contribution in [0.15, 0.2) is 30.3 Å². The number of nitrogens with one attached hydrogen (secondary N) is 2. The van der Waals surface area contributed by atoms with Crippen LogP contribution in [-0.2, 0) is 9.59 Å². The first kappa shape index (κ1) is 17.9. The van der Waals surface area contributed by atoms with Gasteiger partial charge in [0.2, 0.25) is 5.91 Å². The summed E-state index contributed by atoms with van der Waals surface area (Å²) in [5, 5.41) is 5.25. The molecule has 1 aromatic carbocycles. The summed E-state index contributed by atoms with van der Waals surface area (Å²) in [7, 11) is 0. The molecule has 4 amide bonds. The summed E-state index contributed by atoms with van der Waals surface area (Å²) in [5.41, 5.74) is 1.12. The second-order valence-corrected chi connectivity index (χ2v) is 5.59. The molecule has 0 radical (unpaired) electrons. The fourth-order valence-electron chi connectivity index (χ4n) is 2.82. The van der Waals surface area contributed by atoms with E-state index in [9.17, 15) is 14.4 Å². The van der Waals surface area contributed by atoms with Crippen molar-refractivity contribution in [1.29, 1.82) is 0 Å². The molecule has 1 heterocycles. The lowest BCUT2D eigenvalue weighted by Crippen LogP contribution is -2.44. The highest BCUT2D eigenvalue weighted by molar-refractivity contribution is 6.04. The number of amides is 4. The number of nitrogens with zero attached hydrogens (tertiary/aromatic N) is 2. The third-order valence-electron chi connectivity index (χ3n) is 4.17. The summed E-state index contributed by atoms with van der Waals surface area (Å²) >= 11 is 0. The first-order valence-corrected chi connectivity index (χ1v) is 8.20. The summed E-state index contributed by atoms with van der Waals surface area (Å²) in [6.45, 7) is 6.01. The van der Waals surface area contributed by atoms with Gasteiger partial charge in [-0.15, -0.1) is 0 Å². The highest BCUT2D eigenvalue weighted by Crippen LogP contribution is 2.19. The van der Waals surface area contributed by atoms with E-state index >= 15 is 0 Å². The van der Waals surface area contributed by atoms with Crippen molar-refractivity contribution < 1.29 is 14.4 Å². The third kappa shape index (κ3) is 4.32. The topological polar surface area (TPSA) is 81.8 Å². The molecule has 0 aliphatic carbocycles. The Balaban J connectivity index is 1.98. The first-order valence-electron chi connectivity index (χ1n) is 8.20. The molecule has 1 aromatic rings. The quantitative estimate of drug-likeness (QED) is 0.688. The predicted octanol–water partition coefficient (Wildman–Crippen LogP) is 0.738. The average Bonchev–Trinajstić information content (AvgIpc) is 2.91.